The average molecular weight is 318 g/mol. The fraction of sp³-hybridized carbons (Fsp3) is 0.556. The van der Waals surface area contributed by atoms with Crippen LogP contribution in [0.15, 0.2) is 29.3 Å². The molecule has 0 bridgehead atoms. The van der Waals surface area contributed by atoms with E-state index in [0.29, 0.717) is 5.56 Å². The van der Waals surface area contributed by atoms with E-state index in [2.05, 4.69) is 34.8 Å². The second-order valence-electron chi connectivity index (χ2n) is 5.42. The second kappa shape index (κ2) is 11.5. The van der Waals surface area contributed by atoms with Crippen LogP contribution in [-0.2, 0) is 6.42 Å². The van der Waals surface area contributed by atoms with E-state index >= 15 is 0 Å². The molecule has 1 aromatic carbocycles. The van der Waals surface area contributed by atoms with Crippen LogP contribution in [0.3, 0.4) is 0 Å². The van der Waals surface area contributed by atoms with Crippen molar-refractivity contribution in [2.45, 2.75) is 39.5 Å². The van der Waals surface area contributed by atoms with Crippen molar-refractivity contribution >= 4 is 11.9 Å². The number of nitrogens with one attached hydrogen (secondary N) is 3. The lowest BCUT2D eigenvalue weighted by Gasteiger charge is -2.11. The molecule has 0 spiro atoms. The first-order valence-electron chi connectivity index (χ1n) is 8.54. The molecule has 0 aliphatic rings. The molecule has 0 aromatic heterocycles. The quantitative estimate of drug-likeness (QED) is 0.372. The standard InChI is InChI=1S/C18H30N4O/c1-4-6-7-12-21-18(20-5-2)22-13-11-15-9-8-10-16(14-15)17(23)19-3/h8-10,14H,4-7,11-13H2,1-3H3,(H,19,23)(H2,20,21,22). The Kier molecular flexibility index (Phi) is 9.52. The highest BCUT2D eigenvalue weighted by Gasteiger charge is 2.04. The third-order valence-corrected chi connectivity index (χ3v) is 3.50. The molecule has 0 aliphatic heterocycles. The zero-order valence-electron chi connectivity index (χ0n) is 14.6. The molecular formula is C18H30N4O. The zero-order chi connectivity index (χ0) is 16.9. The molecule has 1 amide bonds. The average Bonchev–Trinajstić information content (AvgIpc) is 2.58. The lowest BCUT2D eigenvalue weighted by molar-refractivity contribution is 0.0963. The fourth-order valence-electron chi connectivity index (χ4n) is 2.23. The van der Waals surface area contributed by atoms with Crippen molar-refractivity contribution in [3.63, 3.8) is 0 Å². The molecule has 23 heavy (non-hydrogen) atoms. The lowest BCUT2D eigenvalue weighted by atomic mass is 10.1. The Bertz CT molecular complexity index is 500. The van der Waals surface area contributed by atoms with E-state index in [1.165, 1.54) is 12.8 Å². The highest BCUT2D eigenvalue weighted by Crippen LogP contribution is 2.05. The molecule has 0 aliphatic carbocycles. The maximum absolute atomic E-state index is 11.6. The predicted molar refractivity (Wildman–Crippen MR) is 97.0 cm³/mol. The number of nitrogens with zero attached hydrogens (tertiary/aromatic N) is 1. The predicted octanol–water partition coefficient (Wildman–Crippen LogP) is 2.33. The Morgan fingerprint density at radius 3 is 2.70 bits per heavy atom. The van der Waals surface area contributed by atoms with Gasteiger partial charge < -0.3 is 16.0 Å². The van der Waals surface area contributed by atoms with E-state index in [-0.39, 0.29) is 5.91 Å². The number of amides is 1. The molecule has 0 radical (unpaired) electrons. The molecule has 5 nitrogen and oxygen atoms in total. The van der Waals surface area contributed by atoms with Crippen LogP contribution >= 0.6 is 0 Å². The van der Waals surface area contributed by atoms with Crippen LogP contribution in [0.1, 0.15) is 49.0 Å². The van der Waals surface area contributed by atoms with E-state index in [0.717, 1.165) is 44.0 Å². The summed E-state index contributed by atoms with van der Waals surface area (Å²) in [6.07, 6.45) is 4.40. The van der Waals surface area contributed by atoms with Crippen LogP contribution in [0.5, 0.6) is 0 Å². The van der Waals surface area contributed by atoms with Crippen LogP contribution in [0.4, 0.5) is 0 Å². The monoisotopic (exact) mass is 318 g/mol. The first-order valence-corrected chi connectivity index (χ1v) is 8.54. The largest absolute Gasteiger partial charge is 0.357 e. The number of unbranched alkanes of at least 4 members (excludes halogenated alkanes) is 2. The van der Waals surface area contributed by atoms with Crippen molar-refractivity contribution in [2.24, 2.45) is 4.99 Å². The van der Waals surface area contributed by atoms with Crippen LogP contribution in [0, 0.1) is 0 Å². The maximum atomic E-state index is 11.6. The minimum Gasteiger partial charge on any atom is -0.357 e. The number of carbonyl (C=O) groups excluding carboxylic acids is 1. The summed E-state index contributed by atoms with van der Waals surface area (Å²) >= 11 is 0. The van der Waals surface area contributed by atoms with Gasteiger partial charge in [0.15, 0.2) is 5.96 Å². The number of hydrogen-bond acceptors (Lipinski definition) is 2. The Hall–Kier alpha value is -2.04. The highest BCUT2D eigenvalue weighted by molar-refractivity contribution is 5.94. The number of benzene rings is 1. The van der Waals surface area contributed by atoms with Gasteiger partial charge in [0.2, 0.25) is 0 Å². The van der Waals surface area contributed by atoms with Crippen molar-refractivity contribution in [1.82, 2.24) is 16.0 Å². The van der Waals surface area contributed by atoms with Crippen LogP contribution in [-0.4, -0.2) is 38.5 Å². The molecule has 0 fully saturated rings. The van der Waals surface area contributed by atoms with Gasteiger partial charge in [-0.25, -0.2) is 0 Å². The summed E-state index contributed by atoms with van der Waals surface area (Å²) in [5, 5.41) is 9.26. The minimum absolute atomic E-state index is 0.0503. The number of carbonyl (C=O) groups is 1. The van der Waals surface area contributed by atoms with Gasteiger partial charge in [-0.2, -0.15) is 0 Å². The molecule has 3 N–H and O–H groups in total. The van der Waals surface area contributed by atoms with Gasteiger partial charge in [-0.05, 0) is 37.5 Å². The van der Waals surface area contributed by atoms with Gasteiger partial charge in [0.05, 0.1) is 0 Å². The Morgan fingerprint density at radius 2 is 2.00 bits per heavy atom. The lowest BCUT2D eigenvalue weighted by Crippen LogP contribution is -2.38. The van der Waals surface area contributed by atoms with Crippen LogP contribution in [0.2, 0.25) is 0 Å². The first kappa shape index (κ1) is 19.0. The molecule has 0 atom stereocenters. The van der Waals surface area contributed by atoms with E-state index in [1.54, 1.807) is 7.05 Å². The summed E-state index contributed by atoms with van der Waals surface area (Å²) in [4.78, 5) is 16.2. The number of hydrogen-bond donors (Lipinski definition) is 3. The topological polar surface area (TPSA) is 65.5 Å². The van der Waals surface area contributed by atoms with E-state index in [1.807, 2.05) is 24.3 Å². The Labute approximate surface area is 140 Å². The third kappa shape index (κ3) is 7.68. The van der Waals surface area contributed by atoms with Crippen molar-refractivity contribution in [3.8, 4) is 0 Å². The summed E-state index contributed by atoms with van der Waals surface area (Å²) in [6, 6.07) is 7.73. The van der Waals surface area contributed by atoms with Crippen LogP contribution < -0.4 is 16.0 Å². The summed E-state index contributed by atoms with van der Waals surface area (Å²) in [5.74, 6) is 0.816. The molecule has 0 heterocycles. The molecule has 128 valence electrons. The zero-order valence-corrected chi connectivity index (χ0v) is 14.6. The molecule has 5 heteroatoms. The minimum atomic E-state index is -0.0503. The van der Waals surface area contributed by atoms with Gasteiger partial charge in [0.1, 0.15) is 0 Å². The summed E-state index contributed by atoms with van der Waals surface area (Å²) < 4.78 is 0. The van der Waals surface area contributed by atoms with Crippen molar-refractivity contribution in [1.29, 1.82) is 0 Å². The van der Waals surface area contributed by atoms with Crippen molar-refractivity contribution in [2.75, 3.05) is 26.7 Å². The molecule has 0 unspecified atom stereocenters. The summed E-state index contributed by atoms with van der Waals surface area (Å²) in [5.41, 5.74) is 1.84. The highest BCUT2D eigenvalue weighted by atomic mass is 16.1. The first-order chi connectivity index (χ1) is 11.2. The van der Waals surface area contributed by atoms with Gasteiger partial charge in [-0.15, -0.1) is 0 Å². The number of rotatable bonds is 9. The molecule has 0 saturated carbocycles. The van der Waals surface area contributed by atoms with Gasteiger partial charge in [0, 0.05) is 32.2 Å². The molecule has 1 aromatic rings. The number of aliphatic imine (C=N–C) groups is 1. The van der Waals surface area contributed by atoms with E-state index < -0.39 is 0 Å². The molecule has 0 saturated heterocycles. The maximum Gasteiger partial charge on any atom is 0.251 e. The summed E-state index contributed by atoms with van der Waals surface area (Å²) in [6.45, 7) is 6.76. The molecular weight excluding hydrogens is 288 g/mol. The fourth-order valence-corrected chi connectivity index (χ4v) is 2.23. The second-order valence-corrected chi connectivity index (χ2v) is 5.42. The molecule has 1 rings (SSSR count). The SMILES string of the molecule is CCCCCN=C(NCC)NCCc1cccc(C(=O)NC)c1. The van der Waals surface area contributed by atoms with Crippen molar-refractivity contribution in [3.05, 3.63) is 35.4 Å². The van der Waals surface area contributed by atoms with Gasteiger partial charge in [0.25, 0.3) is 5.91 Å². The van der Waals surface area contributed by atoms with Gasteiger partial charge in [-0.1, -0.05) is 31.9 Å². The van der Waals surface area contributed by atoms with Crippen LogP contribution in [0.25, 0.3) is 0 Å². The Morgan fingerprint density at radius 1 is 1.17 bits per heavy atom. The van der Waals surface area contributed by atoms with Gasteiger partial charge in [-0.3, -0.25) is 9.79 Å². The number of guanidine groups is 1. The van der Waals surface area contributed by atoms with E-state index in [9.17, 15) is 4.79 Å². The van der Waals surface area contributed by atoms with Gasteiger partial charge >= 0.3 is 0 Å². The normalized spacial score (nSPS) is 11.2. The van der Waals surface area contributed by atoms with Crippen molar-refractivity contribution < 1.29 is 4.79 Å². The smallest absolute Gasteiger partial charge is 0.251 e. The Balaban J connectivity index is 2.47. The third-order valence-electron chi connectivity index (χ3n) is 3.50. The van der Waals surface area contributed by atoms with E-state index in [4.69, 9.17) is 0 Å². The summed E-state index contributed by atoms with van der Waals surface area (Å²) in [7, 11) is 1.65.